The Kier molecular flexibility index (Phi) is 4.68. The van der Waals surface area contributed by atoms with Gasteiger partial charge in [-0.2, -0.15) is 18.3 Å². The van der Waals surface area contributed by atoms with Crippen LogP contribution in [0.3, 0.4) is 0 Å². The quantitative estimate of drug-likeness (QED) is 0.503. The van der Waals surface area contributed by atoms with Gasteiger partial charge < -0.3 is 20.6 Å². The molecule has 9 heteroatoms. The first-order chi connectivity index (χ1) is 10.8. The van der Waals surface area contributed by atoms with Gasteiger partial charge in [0.25, 0.3) is 0 Å². The number of halogens is 3. The number of nitrogens with zero attached hydrogens (tertiary/aromatic N) is 3. The molecule has 0 spiro atoms. The van der Waals surface area contributed by atoms with Crippen LogP contribution in [-0.2, 0) is 0 Å². The fourth-order valence-electron chi connectivity index (χ4n) is 1.91. The Balaban J connectivity index is 2.46. The van der Waals surface area contributed by atoms with Crippen LogP contribution in [0.2, 0.25) is 0 Å². The Morgan fingerprint density at radius 2 is 2.22 bits per heavy atom. The van der Waals surface area contributed by atoms with Crippen LogP contribution in [0.15, 0.2) is 35.8 Å². The maximum absolute atomic E-state index is 12.4. The first kappa shape index (κ1) is 16.5. The molecule has 0 amide bonds. The minimum atomic E-state index is -4.47. The van der Waals surface area contributed by atoms with Crippen molar-refractivity contribution in [1.82, 2.24) is 9.55 Å². The second-order valence-electron chi connectivity index (χ2n) is 4.67. The highest BCUT2D eigenvalue weighted by Gasteiger charge is 2.29. The topological polar surface area (TPSA) is 89.3 Å². The summed E-state index contributed by atoms with van der Waals surface area (Å²) in [4.78, 5) is 4.04. The van der Waals surface area contributed by atoms with Crippen LogP contribution < -0.4 is 10.6 Å². The number of ether oxygens (including phenoxy) is 1. The minimum Gasteiger partial charge on any atom is -0.482 e. The summed E-state index contributed by atoms with van der Waals surface area (Å²) in [6, 6.07) is 4.49. The molecule has 1 heterocycles. The molecule has 122 valence electrons. The molecule has 0 atom stereocenters. The van der Waals surface area contributed by atoms with Crippen molar-refractivity contribution in [1.29, 1.82) is 5.41 Å². The smallest absolute Gasteiger partial charge is 0.422 e. The third-order valence-electron chi connectivity index (χ3n) is 2.91. The van der Waals surface area contributed by atoms with E-state index in [0.29, 0.717) is 16.9 Å². The molecule has 0 aliphatic carbocycles. The maximum Gasteiger partial charge on any atom is 0.422 e. The number of benzene rings is 1. The molecule has 0 saturated heterocycles. The van der Waals surface area contributed by atoms with E-state index in [9.17, 15) is 13.2 Å². The van der Waals surface area contributed by atoms with Crippen molar-refractivity contribution in [2.45, 2.75) is 13.1 Å². The van der Waals surface area contributed by atoms with Crippen molar-refractivity contribution in [3.8, 4) is 11.4 Å². The highest BCUT2D eigenvalue weighted by Crippen LogP contribution is 2.27. The van der Waals surface area contributed by atoms with Crippen molar-refractivity contribution in [3.63, 3.8) is 0 Å². The zero-order valence-electron chi connectivity index (χ0n) is 12.1. The summed E-state index contributed by atoms with van der Waals surface area (Å²) in [6.07, 6.45) is -0.433. The number of hydrazone groups is 1. The van der Waals surface area contributed by atoms with E-state index in [4.69, 9.17) is 16.0 Å². The predicted octanol–water partition coefficient (Wildman–Crippen LogP) is 2.43. The first-order valence-corrected chi connectivity index (χ1v) is 6.47. The highest BCUT2D eigenvalue weighted by molar-refractivity contribution is 6.37. The molecule has 3 N–H and O–H groups in total. The SMILES string of the molecule is Cc1cn(-c2ccc(/C(C=N)=N/N)cc2OCC(F)(F)F)cn1. The van der Waals surface area contributed by atoms with E-state index in [-0.39, 0.29) is 11.5 Å². The van der Waals surface area contributed by atoms with Crippen LogP contribution in [0.25, 0.3) is 5.69 Å². The molecule has 0 saturated carbocycles. The zero-order chi connectivity index (χ0) is 17.0. The average molecular weight is 325 g/mol. The number of aromatic nitrogens is 2. The number of hydrogen-bond acceptors (Lipinski definition) is 5. The second kappa shape index (κ2) is 6.51. The van der Waals surface area contributed by atoms with E-state index in [1.165, 1.54) is 12.4 Å². The van der Waals surface area contributed by atoms with Gasteiger partial charge in [-0.15, -0.1) is 0 Å². The van der Waals surface area contributed by atoms with Crippen molar-refractivity contribution in [2.24, 2.45) is 10.9 Å². The van der Waals surface area contributed by atoms with Crippen LogP contribution >= 0.6 is 0 Å². The molecule has 2 rings (SSSR count). The Bertz CT molecular complexity index is 736. The highest BCUT2D eigenvalue weighted by atomic mass is 19.4. The first-order valence-electron chi connectivity index (χ1n) is 6.47. The number of nitrogens with one attached hydrogen (secondary N) is 1. The molecule has 0 bridgehead atoms. The standard InChI is InChI=1S/C14H14F3N5O/c1-9-6-22(8-20-9)12-3-2-10(11(5-18)21-19)4-13(12)23-7-14(15,16)17/h2-6,8,18H,7,19H2,1H3/b18-5?,21-11+. The predicted molar refractivity (Wildman–Crippen MR) is 79.4 cm³/mol. The van der Waals surface area contributed by atoms with Gasteiger partial charge >= 0.3 is 6.18 Å². The Morgan fingerprint density at radius 1 is 1.48 bits per heavy atom. The van der Waals surface area contributed by atoms with E-state index >= 15 is 0 Å². The van der Waals surface area contributed by atoms with Crippen molar-refractivity contribution >= 4 is 11.9 Å². The molecule has 1 aromatic carbocycles. The minimum absolute atomic E-state index is 0.0137. The number of imidazole rings is 1. The fourth-order valence-corrected chi connectivity index (χ4v) is 1.91. The third-order valence-corrected chi connectivity index (χ3v) is 2.91. The van der Waals surface area contributed by atoms with Crippen molar-refractivity contribution in [3.05, 3.63) is 42.0 Å². The molecular weight excluding hydrogens is 311 g/mol. The van der Waals surface area contributed by atoms with Crippen LogP contribution in [0.5, 0.6) is 5.75 Å². The fraction of sp³-hybridized carbons (Fsp3) is 0.214. The van der Waals surface area contributed by atoms with Gasteiger partial charge in [-0.05, 0) is 19.1 Å². The summed E-state index contributed by atoms with van der Waals surface area (Å²) in [5.74, 6) is 5.15. The third kappa shape index (κ3) is 4.09. The number of alkyl halides is 3. The van der Waals surface area contributed by atoms with E-state index in [0.717, 1.165) is 6.21 Å². The maximum atomic E-state index is 12.4. The number of nitrogens with two attached hydrogens (primary N) is 1. The molecule has 0 aliphatic heterocycles. The summed E-state index contributed by atoms with van der Waals surface area (Å²) in [7, 11) is 0. The molecule has 1 aromatic heterocycles. The lowest BCUT2D eigenvalue weighted by Crippen LogP contribution is -2.20. The van der Waals surface area contributed by atoms with E-state index in [1.54, 1.807) is 29.8 Å². The summed E-state index contributed by atoms with van der Waals surface area (Å²) in [6.45, 7) is 0.326. The largest absolute Gasteiger partial charge is 0.482 e. The summed E-state index contributed by atoms with van der Waals surface area (Å²) in [5, 5.41) is 10.6. The van der Waals surface area contributed by atoms with Crippen LogP contribution in [0.1, 0.15) is 11.3 Å². The number of hydrogen-bond donors (Lipinski definition) is 2. The lowest BCUT2D eigenvalue weighted by atomic mass is 10.1. The van der Waals surface area contributed by atoms with Gasteiger partial charge in [0.2, 0.25) is 0 Å². The number of rotatable bonds is 5. The lowest BCUT2D eigenvalue weighted by Gasteiger charge is -2.15. The molecule has 0 unspecified atom stereocenters. The molecule has 23 heavy (non-hydrogen) atoms. The van der Waals surface area contributed by atoms with Crippen LogP contribution in [0, 0.1) is 12.3 Å². The average Bonchev–Trinajstić information content (AvgIpc) is 2.92. The molecule has 6 nitrogen and oxygen atoms in total. The zero-order valence-corrected chi connectivity index (χ0v) is 12.1. The van der Waals surface area contributed by atoms with Gasteiger partial charge in [0.15, 0.2) is 6.61 Å². The molecule has 2 aromatic rings. The van der Waals surface area contributed by atoms with Gasteiger partial charge in [0.05, 0.1) is 17.7 Å². The van der Waals surface area contributed by atoms with E-state index in [2.05, 4.69) is 10.1 Å². The van der Waals surface area contributed by atoms with Gasteiger partial charge in [-0.25, -0.2) is 4.98 Å². The monoisotopic (exact) mass is 325 g/mol. The summed E-state index contributed by atoms with van der Waals surface area (Å²) < 4.78 is 43.8. The summed E-state index contributed by atoms with van der Waals surface area (Å²) >= 11 is 0. The van der Waals surface area contributed by atoms with Crippen molar-refractivity contribution in [2.75, 3.05) is 6.61 Å². The Labute approximate surface area is 129 Å². The second-order valence-corrected chi connectivity index (χ2v) is 4.67. The van der Waals surface area contributed by atoms with Gasteiger partial charge in [0, 0.05) is 18.0 Å². The molecule has 0 aliphatic rings. The molecule has 0 radical (unpaired) electrons. The van der Waals surface area contributed by atoms with Gasteiger partial charge in [0.1, 0.15) is 11.5 Å². The van der Waals surface area contributed by atoms with E-state index < -0.39 is 12.8 Å². The van der Waals surface area contributed by atoms with Crippen LogP contribution in [-0.4, -0.2) is 34.3 Å². The lowest BCUT2D eigenvalue weighted by molar-refractivity contribution is -0.153. The Morgan fingerprint density at radius 3 is 2.74 bits per heavy atom. The normalized spacial score (nSPS) is 12.3. The van der Waals surface area contributed by atoms with Gasteiger partial charge in [-0.1, -0.05) is 6.07 Å². The van der Waals surface area contributed by atoms with Crippen LogP contribution in [0.4, 0.5) is 13.2 Å². The Hall–Kier alpha value is -2.84. The van der Waals surface area contributed by atoms with Crippen molar-refractivity contribution < 1.29 is 17.9 Å². The summed E-state index contributed by atoms with van der Waals surface area (Å²) in [5.41, 5.74) is 1.59. The van der Waals surface area contributed by atoms with E-state index in [1.807, 2.05) is 0 Å². The molecule has 0 fully saturated rings. The number of aryl methyl sites for hydroxylation is 1. The molecular formula is C14H14F3N5O. The van der Waals surface area contributed by atoms with Gasteiger partial charge in [-0.3, -0.25) is 0 Å².